The number of aromatic amines is 1. The first-order valence-electron chi connectivity index (χ1n) is 5.35. The molecule has 0 atom stereocenters. The molecule has 0 aliphatic rings. The van der Waals surface area contributed by atoms with Crippen molar-refractivity contribution in [1.29, 1.82) is 0 Å². The minimum atomic E-state index is -2.96. The van der Waals surface area contributed by atoms with Crippen LogP contribution in [0.25, 0.3) is 0 Å². The van der Waals surface area contributed by atoms with Crippen molar-refractivity contribution in [1.82, 2.24) is 4.98 Å². The molecule has 0 aliphatic carbocycles. The van der Waals surface area contributed by atoms with Crippen molar-refractivity contribution in [3.05, 3.63) is 46.2 Å². The molecule has 0 saturated carbocycles. The van der Waals surface area contributed by atoms with Crippen LogP contribution in [0.2, 0.25) is 10.0 Å². The molecule has 20 heavy (non-hydrogen) atoms. The average Bonchev–Trinajstić information content (AvgIpc) is 2.79. The summed E-state index contributed by atoms with van der Waals surface area (Å²) in [5.74, 6) is -0.599. The Kier molecular flexibility index (Phi) is 4.46. The fourth-order valence-electron chi connectivity index (χ4n) is 1.47. The zero-order chi connectivity index (χ0) is 14.7. The third kappa shape index (κ3) is 3.61. The largest absolute Gasteiger partial charge is 0.433 e. The van der Waals surface area contributed by atoms with Crippen LogP contribution in [0, 0.1) is 0 Å². The van der Waals surface area contributed by atoms with Gasteiger partial charge in [0.15, 0.2) is 0 Å². The van der Waals surface area contributed by atoms with Crippen molar-refractivity contribution in [3.63, 3.8) is 0 Å². The Bertz CT molecular complexity index is 632. The minimum absolute atomic E-state index is 0.0346. The van der Waals surface area contributed by atoms with E-state index in [4.69, 9.17) is 23.2 Å². The van der Waals surface area contributed by atoms with Crippen molar-refractivity contribution in [2.75, 3.05) is 5.32 Å². The number of carbonyl (C=O) groups is 1. The van der Waals surface area contributed by atoms with E-state index in [0.29, 0.717) is 10.7 Å². The molecule has 0 saturated heterocycles. The van der Waals surface area contributed by atoms with Crippen LogP contribution < -0.4 is 10.1 Å². The summed E-state index contributed by atoms with van der Waals surface area (Å²) in [6.45, 7) is -2.96. The molecule has 4 nitrogen and oxygen atoms in total. The number of aromatic nitrogens is 1. The van der Waals surface area contributed by atoms with Gasteiger partial charge in [0.1, 0.15) is 11.4 Å². The standard InChI is InChI=1S/C12H8Cl2F2N2O2/c13-6-3-9(17-5-6)11(19)18-7-1-2-10(8(14)4-7)20-12(15)16/h1-5,12,17H,(H,18,19). The van der Waals surface area contributed by atoms with Crippen molar-refractivity contribution in [2.24, 2.45) is 0 Å². The molecule has 1 aromatic carbocycles. The van der Waals surface area contributed by atoms with E-state index in [1.165, 1.54) is 30.5 Å². The van der Waals surface area contributed by atoms with Gasteiger partial charge < -0.3 is 15.0 Å². The maximum Gasteiger partial charge on any atom is 0.387 e. The van der Waals surface area contributed by atoms with Gasteiger partial charge in [0.25, 0.3) is 5.91 Å². The molecule has 106 valence electrons. The highest BCUT2D eigenvalue weighted by molar-refractivity contribution is 6.32. The molecule has 0 radical (unpaired) electrons. The number of benzene rings is 1. The van der Waals surface area contributed by atoms with E-state index < -0.39 is 12.5 Å². The SMILES string of the molecule is O=C(Nc1ccc(OC(F)F)c(Cl)c1)c1cc(Cl)c[nH]1. The predicted molar refractivity (Wildman–Crippen MR) is 71.8 cm³/mol. The first kappa shape index (κ1) is 14.6. The van der Waals surface area contributed by atoms with Crippen LogP contribution >= 0.6 is 23.2 Å². The molecule has 0 unspecified atom stereocenters. The maximum absolute atomic E-state index is 12.1. The Balaban J connectivity index is 2.10. The zero-order valence-corrected chi connectivity index (χ0v) is 11.3. The quantitative estimate of drug-likeness (QED) is 0.888. The van der Waals surface area contributed by atoms with Gasteiger partial charge in [0, 0.05) is 11.9 Å². The number of anilines is 1. The monoisotopic (exact) mass is 320 g/mol. The third-order valence-electron chi connectivity index (χ3n) is 2.30. The first-order chi connectivity index (χ1) is 9.45. The van der Waals surface area contributed by atoms with E-state index in [1.54, 1.807) is 0 Å². The molecule has 1 aromatic heterocycles. The number of H-pyrrole nitrogens is 1. The molecule has 0 spiro atoms. The fraction of sp³-hybridized carbons (Fsp3) is 0.0833. The summed E-state index contributed by atoms with van der Waals surface area (Å²) < 4.78 is 28.3. The summed E-state index contributed by atoms with van der Waals surface area (Å²) in [5, 5.41) is 2.90. The number of carbonyl (C=O) groups excluding carboxylic acids is 1. The van der Waals surface area contributed by atoms with Crippen molar-refractivity contribution in [3.8, 4) is 5.75 Å². The normalized spacial score (nSPS) is 10.7. The number of hydrogen-bond donors (Lipinski definition) is 2. The number of rotatable bonds is 4. The minimum Gasteiger partial charge on any atom is -0.433 e. The summed E-state index contributed by atoms with van der Waals surface area (Å²) >= 11 is 11.5. The number of alkyl halides is 2. The van der Waals surface area contributed by atoms with Crippen LogP contribution in [-0.4, -0.2) is 17.5 Å². The molecular weight excluding hydrogens is 313 g/mol. The first-order valence-corrected chi connectivity index (χ1v) is 6.11. The second-order valence-corrected chi connectivity index (χ2v) is 4.55. The Morgan fingerprint density at radius 1 is 1.30 bits per heavy atom. The lowest BCUT2D eigenvalue weighted by atomic mass is 10.3. The Morgan fingerprint density at radius 2 is 2.05 bits per heavy atom. The molecule has 2 aromatic rings. The van der Waals surface area contributed by atoms with Gasteiger partial charge in [0.05, 0.1) is 10.0 Å². The van der Waals surface area contributed by atoms with E-state index >= 15 is 0 Å². The lowest BCUT2D eigenvalue weighted by Gasteiger charge is -2.09. The second kappa shape index (κ2) is 6.11. The van der Waals surface area contributed by atoms with Gasteiger partial charge in [-0.05, 0) is 24.3 Å². The molecule has 1 heterocycles. The number of ether oxygens (including phenoxy) is 1. The van der Waals surface area contributed by atoms with Crippen LogP contribution in [0.15, 0.2) is 30.5 Å². The smallest absolute Gasteiger partial charge is 0.387 e. The van der Waals surface area contributed by atoms with Crippen LogP contribution in [0.3, 0.4) is 0 Å². The predicted octanol–water partition coefficient (Wildman–Crippen LogP) is 4.18. The van der Waals surface area contributed by atoms with Gasteiger partial charge in [-0.2, -0.15) is 8.78 Å². The van der Waals surface area contributed by atoms with Gasteiger partial charge in [-0.25, -0.2) is 0 Å². The van der Waals surface area contributed by atoms with Gasteiger partial charge in [-0.15, -0.1) is 0 Å². The van der Waals surface area contributed by atoms with Crippen LogP contribution in [0.1, 0.15) is 10.5 Å². The Morgan fingerprint density at radius 3 is 2.60 bits per heavy atom. The lowest BCUT2D eigenvalue weighted by Crippen LogP contribution is -2.12. The average molecular weight is 321 g/mol. The number of amides is 1. The summed E-state index contributed by atoms with van der Waals surface area (Å²) in [6.07, 6.45) is 1.46. The lowest BCUT2D eigenvalue weighted by molar-refractivity contribution is -0.0497. The second-order valence-electron chi connectivity index (χ2n) is 3.71. The number of halogens is 4. The summed E-state index contributed by atoms with van der Waals surface area (Å²) in [6, 6.07) is 5.40. The molecule has 1 amide bonds. The molecule has 0 bridgehead atoms. The van der Waals surface area contributed by atoms with Gasteiger partial charge in [-0.1, -0.05) is 23.2 Å². The zero-order valence-electron chi connectivity index (χ0n) is 9.79. The molecule has 0 aliphatic heterocycles. The van der Waals surface area contributed by atoms with Gasteiger partial charge >= 0.3 is 6.61 Å². The molecule has 8 heteroatoms. The van der Waals surface area contributed by atoms with E-state index in [-0.39, 0.29) is 16.5 Å². The van der Waals surface area contributed by atoms with E-state index in [9.17, 15) is 13.6 Å². The van der Waals surface area contributed by atoms with E-state index in [1.807, 2.05) is 0 Å². The van der Waals surface area contributed by atoms with Crippen LogP contribution in [0.5, 0.6) is 5.75 Å². The highest BCUT2D eigenvalue weighted by Gasteiger charge is 2.12. The summed E-state index contributed by atoms with van der Waals surface area (Å²) in [5.41, 5.74) is 0.603. The highest BCUT2D eigenvalue weighted by Crippen LogP contribution is 2.29. The summed E-state index contributed by atoms with van der Waals surface area (Å²) in [4.78, 5) is 14.5. The van der Waals surface area contributed by atoms with Crippen molar-refractivity contribution >= 4 is 34.8 Å². The van der Waals surface area contributed by atoms with Crippen molar-refractivity contribution < 1.29 is 18.3 Å². The van der Waals surface area contributed by atoms with E-state index in [2.05, 4.69) is 15.0 Å². The van der Waals surface area contributed by atoms with E-state index in [0.717, 1.165) is 0 Å². The Hall–Kier alpha value is -1.79. The molecule has 2 N–H and O–H groups in total. The molecule has 2 rings (SSSR count). The molecule has 0 fully saturated rings. The third-order valence-corrected chi connectivity index (χ3v) is 2.81. The fourth-order valence-corrected chi connectivity index (χ4v) is 1.86. The summed E-state index contributed by atoms with van der Waals surface area (Å²) in [7, 11) is 0. The Labute approximate surface area is 122 Å². The highest BCUT2D eigenvalue weighted by atomic mass is 35.5. The van der Waals surface area contributed by atoms with Crippen LogP contribution in [0.4, 0.5) is 14.5 Å². The van der Waals surface area contributed by atoms with Gasteiger partial charge in [0.2, 0.25) is 0 Å². The van der Waals surface area contributed by atoms with Gasteiger partial charge in [-0.3, -0.25) is 4.79 Å². The van der Waals surface area contributed by atoms with Crippen LogP contribution in [-0.2, 0) is 0 Å². The topological polar surface area (TPSA) is 54.1 Å². The molecular formula is C12H8Cl2F2N2O2. The number of hydrogen-bond acceptors (Lipinski definition) is 2. The number of nitrogens with one attached hydrogen (secondary N) is 2. The maximum atomic E-state index is 12.1. The van der Waals surface area contributed by atoms with Crippen molar-refractivity contribution in [2.45, 2.75) is 6.61 Å².